The van der Waals surface area contributed by atoms with Crippen molar-refractivity contribution in [3.8, 4) is 5.69 Å². The van der Waals surface area contributed by atoms with Crippen LogP contribution in [-0.2, 0) is 4.79 Å². The van der Waals surface area contributed by atoms with E-state index in [1.54, 1.807) is 25.1 Å². The Hall–Kier alpha value is -2.70. The Labute approximate surface area is 133 Å². The highest BCUT2D eigenvalue weighted by molar-refractivity contribution is 5.98. The van der Waals surface area contributed by atoms with E-state index in [2.05, 4.69) is 5.10 Å². The zero-order chi connectivity index (χ0) is 17.4. The van der Waals surface area contributed by atoms with Gasteiger partial charge in [0.25, 0.3) is 5.91 Å². The topological polar surface area (TPSA) is 75.4 Å². The first-order chi connectivity index (χ1) is 10.7. The molecule has 0 saturated heterocycles. The van der Waals surface area contributed by atoms with Gasteiger partial charge in [-0.25, -0.2) is 13.9 Å². The SMILES string of the molecule is Cc1c(C(=O)N(C)C(C)(C)C(=O)O)cnn1-c1ccccc1F. The van der Waals surface area contributed by atoms with Crippen LogP contribution in [0.1, 0.15) is 29.9 Å². The van der Waals surface area contributed by atoms with Gasteiger partial charge >= 0.3 is 5.97 Å². The Morgan fingerprint density at radius 1 is 1.30 bits per heavy atom. The van der Waals surface area contributed by atoms with Crippen LogP contribution in [0, 0.1) is 12.7 Å². The van der Waals surface area contributed by atoms with Crippen molar-refractivity contribution in [3.63, 3.8) is 0 Å². The normalized spacial score (nSPS) is 11.3. The largest absolute Gasteiger partial charge is 0.480 e. The molecule has 6 nitrogen and oxygen atoms in total. The first-order valence-corrected chi connectivity index (χ1v) is 6.99. The van der Waals surface area contributed by atoms with Crippen LogP contribution in [0.5, 0.6) is 0 Å². The molecule has 122 valence electrons. The predicted molar refractivity (Wildman–Crippen MR) is 82.1 cm³/mol. The van der Waals surface area contributed by atoms with E-state index in [0.29, 0.717) is 5.69 Å². The summed E-state index contributed by atoms with van der Waals surface area (Å²) in [6, 6.07) is 6.08. The minimum atomic E-state index is -1.37. The molecule has 0 atom stereocenters. The Balaban J connectivity index is 2.42. The maximum Gasteiger partial charge on any atom is 0.329 e. The monoisotopic (exact) mass is 319 g/mol. The minimum absolute atomic E-state index is 0.226. The van der Waals surface area contributed by atoms with Gasteiger partial charge < -0.3 is 10.0 Å². The molecule has 1 aromatic carbocycles. The third kappa shape index (κ3) is 2.81. The van der Waals surface area contributed by atoms with Crippen molar-refractivity contribution in [2.45, 2.75) is 26.3 Å². The van der Waals surface area contributed by atoms with Crippen molar-refractivity contribution in [1.82, 2.24) is 14.7 Å². The van der Waals surface area contributed by atoms with Gasteiger partial charge in [-0.2, -0.15) is 5.10 Å². The molecule has 0 radical (unpaired) electrons. The van der Waals surface area contributed by atoms with Gasteiger partial charge in [0.15, 0.2) is 0 Å². The number of carbonyl (C=O) groups is 2. The number of para-hydroxylation sites is 1. The molecule has 1 amide bonds. The smallest absolute Gasteiger partial charge is 0.329 e. The fourth-order valence-electron chi connectivity index (χ4n) is 2.06. The molecule has 0 aliphatic rings. The second-order valence-corrected chi connectivity index (χ2v) is 5.74. The lowest BCUT2D eigenvalue weighted by Gasteiger charge is -2.31. The number of aromatic nitrogens is 2. The summed E-state index contributed by atoms with van der Waals surface area (Å²) in [6.07, 6.45) is 1.32. The van der Waals surface area contributed by atoms with Gasteiger partial charge in [0.05, 0.1) is 17.5 Å². The van der Waals surface area contributed by atoms with E-state index < -0.39 is 23.2 Å². The minimum Gasteiger partial charge on any atom is -0.480 e. The second-order valence-electron chi connectivity index (χ2n) is 5.74. The van der Waals surface area contributed by atoms with Gasteiger partial charge in [-0.05, 0) is 32.9 Å². The average Bonchev–Trinajstić information content (AvgIpc) is 2.87. The standard InChI is InChI=1S/C16H18FN3O3/c1-10-11(14(21)19(4)16(2,3)15(22)23)9-18-20(10)13-8-6-5-7-12(13)17/h5-9H,1-4H3,(H,22,23). The van der Waals surface area contributed by atoms with Crippen LogP contribution in [0.15, 0.2) is 30.5 Å². The molecular weight excluding hydrogens is 301 g/mol. The number of hydrogen-bond donors (Lipinski definition) is 1. The molecule has 0 spiro atoms. The van der Waals surface area contributed by atoms with Crippen molar-refractivity contribution in [1.29, 1.82) is 0 Å². The van der Waals surface area contributed by atoms with Gasteiger partial charge in [0.2, 0.25) is 0 Å². The summed E-state index contributed by atoms with van der Waals surface area (Å²) in [7, 11) is 1.41. The van der Waals surface area contributed by atoms with Crippen molar-refractivity contribution in [3.05, 3.63) is 47.5 Å². The van der Waals surface area contributed by atoms with E-state index in [0.717, 1.165) is 4.90 Å². The number of nitrogens with zero attached hydrogens (tertiary/aromatic N) is 3. The Morgan fingerprint density at radius 2 is 1.91 bits per heavy atom. The third-order valence-electron chi connectivity index (χ3n) is 3.99. The molecule has 0 bridgehead atoms. The lowest BCUT2D eigenvalue weighted by molar-refractivity contribution is -0.147. The molecule has 7 heteroatoms. The highest BCUT2D eigenvalue weighted by Gasteiger charge is 2.36. The Kier molecular flexibility index (Phi) is 4.22. The third-order valence-corrected chi connectivity index (χ3v) is 3.99. The lowest BCUT2D eigenvalue weighted by Crippen LogP contribution is -2.50. The number of amides is 1. The van der Waals surface area contributed by atoms with Crippen LogP contribution >= 0.6 is 0 Å². The zero-order valence-corrected chi connectivity index (χ0v) is 13.4. The molecule has 0 saturated carbocycles. The maximum atomic E-state index is 13.9. The number of aliphatic carboxylic acids is 1. The van der Waals surface area contributed by atoms with E-state index in [-0.39, 0.29) is 11.3 Å². The maximum absolute atomic E-state index is 13.9. The summed E-state index contributed by atoms with van der Waals surface area (Å²) >= 11 is 0. The summed E-state index contributed by atoms with van der Waals surface area (Å²) < 4.78 is 15.2. The zero-order valence-electron chi connectivity index (χ0n) is 13.4. The predicted octanol–water partition coefficient (Wildman–Crippen LogP) is 2.26. The van der Waals surface area contributed by atoms with Gasteiger partial charge in [-0.15, -0.1) is 0 Å². The van der Waals surface area contributed by atoms with Crippen molar-refractivity contribution >= 4 is 11.9 Å². The van der Waals surface area contributed by atoms with Crippen LogP contribution in [0.2, 0.25) is 0 Å². The van der Waals surface area contributed by atoms with E-state index in [4.69, 9.17) is 0 Å². The molecule has 2 rings (SSSR count). The van der Waals surface area contributed by atoms with E-state index in [1.807, 2.05) is 0 Å². The van der Waals surface area contributed by atoms with Crippen molar-refractivity contribution in [2.24, 2.45) is 0 Å². The summed E-state index contributed by atoms with van der Waals surface area (Å²) in [5.41, 5.74) is -0.480. The van der Waals surface area contributed by atoms with Crippen LogP contribution in [0.25, 0.3) is 5.69 Å². The first-order valence-electron chi connectivity index (χ1n) is 6.99. The van der Waals surface area contributed by atoms with E-state index in [9.17, 15) is 19.1 Å². The highest BCUT2D eigenvalue weighted by atomic mass is 19.1. The molecule has 23 heavy (non-hydrogen) atoms. The van der Waals surface area contributed by atoms with Gasteiger partial charge in [0.1, 0.15) is 17.0 Å². The number of halogens is 1. The molecule has 0 fully saturated rings. The number of likely N-dealkylation sites (N-methyl/N-ethyl adjacent to an activating group) is 1. The molecule has 1 N–H and O–H groups in total. The number of rotatable bonds is 4. The van der Waals surface area contributed by atoms with Gasteiger partial charge in [0, 0.05) is 7.05 Å². The number of carboxylic acid groups (broad SMARTS) is 1. The van der Waals surface area contributed by atoms with Crippen molar-refractivity contribution < 1.29 is 19.1 Å². The number of carbonyl (C=O) groups excluding carboxylic acids is 1. The summed E-state index contributed by atoms with van der Waals surface area (Å²) in [6.45, 7) is 4.50. The Morgan fingerprint density at radius 3 is 2.48 bits per heavy atom. The summed E-state index contributed by atoms with van der Waals surface area (Å²) in [5.74, 6) is -2.07. The fraction of sp³-hybridized carbons (Fsp3) is 0.312. The van der Waals surface area contributed by atoms with Crippen LogP contribution in [0.3, 0.4) is 0 Å². The van der Waals surface area contributed by atoms with Gasteiger partial charge in [-0.3, -0.25) is 4.79 Å². The van der Waals surface area contributed by atoms with Crippen LogP contribution in [0.4, 0.5) is 4.39 Å². The number of carboxylic acids is 1. The summed E-state index contributed by atoms with van der Waals surface area (Å²) in [5, 5.41) is 13.3. The first kappa shape index (κ1) is 16.7. The molecule has 0 aliphatic heterocycles. The molecule has 1 aromatic heterocycles. The number of hydrogen-bond acceptors (Lipinski definition) is 3. The van der Waals surface area contributed by atoms with E-state index >= 15 is 0 Å². The van der Waals surface area contributed by atoms with Crippen molar-refractivity contribution in [2.75, 3.05) is 7.05 Å². The van der Waals surface area contributed by atoms with Gasteiger partial charge in [-0.1, -0.05) is 12.1 Å². The summed E-state index contributed by atoms with van der Waals surface area (Å²) in [4.78, 5) is 25.0. The molecular formula is C16H18FN3O3. The van der Waals surface area contributed by atoms with Crippen LogP contribution < -0.4 is 0 Å². The lowest BCUT2D eigenvalue weighted by atomic mass is 10.0. The number of benzene rings is 1. The quantitative estimate of drug-likeness (QED) is 0.938. The Bertz CT molecular complexity index is 768. The molecule has 1 heterocycles. The second kappa shape index (κ2) is 5.83. The highest BCUT2D eigenvalue weighted by Crippen LogP contribution is 2.21. The molecule has 0 aliphatic carbocycles. The average molecular weight is 319 g/mol. The molecule has 0 unspecified atom stereocenters. The fourth-order valence-corrected chi connectivity index (χ4v) is 2.06. The van der Waals surface area contributed by atoms with E-state index in [1.165, 1.54) is 37.8 Å². The van der Waals surface area contributed by atoms with Crippen LogP contribution in [-0.4, -0.2) is 44.3 Å². The molecule has 2 aromatic rings.